The number of nitrogens with zero attached hydrogens (tertiary/aromatic N) is 10. The van der Waals surface area contributed by atoms with Gasteiger partial charge in [-0.2, -0.15) is 9.59 Å². The summed E-state index contributed by atoms with van der Waals surface area (Å²) in [5.41, 5.74) is 7.71. The first kappa shape index (κ1) is 28.2. The second kappa shape index (κ2) is 13.4. The Labute approximate surface area is 245 Å². The van der Waals surface area contributed by atoms with Gasteiger partial charge in [0.15, 0.2) is 12.7 Å². The van der Waals surface area contributed by atoms with Gasteiger partial charge in [-0.15, -0.1) is 20.4 Å². The fourth-order valence-corrected chi connectivity index (χ4v) is 4.68. The van der Waals surface area contributed by atoms with Crippen molar-refractivity contribution in [3.8, 4) is 0 Å². The van der Waals surface area contributed by atoms with Crippen molar-refractivity contribution >= 4 is 29.1 Å². The van der Waals surface area contributed by atoms with Gasteiger partial charge in [0.1, 0.15) is 17.8 Å². The van der Waals surface area contributed by atoms with Crippen LogP contribution >= 0.6 is 23.2 Å². The summed E-state index contributed by atoms with van der Waals surface area (Å²) in [6, 6.07) is 12.7. The molecule has 0 aliphatic carbocycles. The predicted octanol–water partition coefficient (Wildman–Crippen LogP) is 2.89. The van der Waals surface area contributed by atoms with Gasteiger partial charge in [0.2, 0.25) is 0 Å². The number of nitrogens with two attached hydrogens (primary N) is 1. The summed E-state index contributed by atoms with van der Waals surface area (Å²) in [6.07, 6.45) is 8.12. The molecule has 15 heteroatoms. The summed E-state index contributed by atoms with van der Waals surface area (Å²) in [6.45, 7) is 2.50. The normalized spacial score (nSPS) is 14.5. The number of amides is 1. The van der Waals surface area contributed by atoms with Gasteiger partial charge < -0.3 is 11.1 Å². The number of aromatic nitrogens is 10. The van der Waals surface area contributed by atoms with Gasteiger partial charge in [0, 0.05) is 10.0 Å². The van der Waals surface area contributed by atoms with E-state index < -0.39 is 18.0 Å². The molecule has 6 rings (SSSR count). The van der Waals surface area contributed by atoms with Gasteiger partial charge in [-0.25, -0.2) is 4.98 Å². The van der Waals surface area contributed by atoms with Gasteiger partial charge in [0.25, 0.3) is 5.91 Å². The van der Waals surface area contributed by atoms with Crippen LogP contribution in [0.15, 0.2) is 67.4 Å². The monoisotopic (exact) mass is 592 g/mol. The summed E-state index contributed by atoms with van der Waals surface area (Å²) < 4.78 is 0. The lowest BCUT2D eigenvalue weighted by Gasteiger charge is -2.23. The number of hydrogen-bond donors (Lipinski definition) is 2. The first-order chi connectivity index (χ1) is 20.0. The predicted molar refractivity (Wildman–Crippen MR) is 150 cm³/mol. The SMILES string of the molecule is C1CCNCC1.NC(=O)c1cnc(C(c2ccc(Cl)cc2)n2ncnn2)c(C(c2ccc(Cl)cc2)n2ncnn2)n1. The van der Waals surface area contributed by atoms with Gasteiger partial charge >= 0.3 is 0 Å². The Bertz CT molecular complexity index is 1530. The van der Waals surface area contributed by atoms with Crippen LogP contribution in [-0.2, 0) is 0 Å². The Morgan fingerprint density at radius 2 is 1.29 bits per heavy atom. The molecule has 1 saturated heterocycles. The zero-order valence-electron chi connectivity index (χ0n) is 21.8. The maximum atomic E-state index is 12.1. The number of tetrazole rings is 2. The minimum absolute atomic E-state index is 0.0377. The highest BCUT2D eigenvalue weighted by molar-refractivity contribution is 6.30. The number of benzene rings is 2. The summed E-state index contributed by atoms with van der Waals surface area (Å²) in [7, 11) is 0. The Hall–Kier alpha value is -4.33. The van der Waals surface area contributed by atoms with Crippen molar-refractivity contribution in [2.75, 3.05) is 13.1 Å². The third kappa shape index (κ3) is 6.88. The summed E-state index contributed by atoms with van der Waals surface area (Å²) in [5.74, 6) is -0.742. The second-order valence-corrected chi connectivity index (χ2v) is 9.99. The van der Waals surface area contributed by atoms with Crippen LogP contribution in [0.1, 0.15) is 64.3 Å². The largest absolute Gasteiger partial charge is 0.364 e. The molecule has 2 atom stereocenters. The van der Waals surface area contributed by atoms with Crippen LogP contribution in [0.4, 0.5) is 0 Å². The van der Waals surface area contributed by atoms with E-state index >= 15 is 0 Å². The smallest absolute Gasteiger partial charge is 0.268 e. The Kier molecular flexibility index (Phi) is 9.19. The van der Waals surface area contributed by atoms with E-state index in [9.17, 15) is 4.79 Å². The highest BCUT2D eigenvalue weighted by Crippen LogP contribution is 2.33. The summed E-state index contributed by atoms with van der Waals surface area (Å²) >= 11 is 12.2. The third-order valence-electron chi connectivity index (χ3n) is 6.37. The van der Waals surface area contributed by atoms with Crippen LogP contribution in [-0.4, -0.2) is 69.4 Å². The highest BCUT2D eigenvalue weighted by Gasteiger charge is 2.32. The van der Waals surface area contributed by atoms with Crippen LogP contribution in [0.5, 0.6) is 0 Å². The van der Waals surface area contributed by atoms with Crippen molar-refractivity contribution in [3.63, 3.8) is 0 Å². The Morgan fingerprint density at radius 1 is 0.780 bits per heavy atom. The van der Waals surface area contributed by atoms with Gasteiger partial charge in [-0.1, -0.05) is 53.9 Å². The van der Waals surface area contributed by atoms with E-state index in [0.29, 0.717) is 27.0 Å². The molecule has 41 heavy (non-hydrogen) atoms. The minimum atomic E-state index is -0.742. The van der Waals surface area contributed by atoms with E-state index in [4.69, 9.17) is 28.9 Å². The van der Waals surface area contributed by atoms with E-state index in [1.165, 1.54) is 60.8 Å². The number of hydrogen-bond acceptors (Lipinski definition) is 10. The van der Waals surface area contributed by atoms with E-state index in [1.807, 2.05) is 12.1 Å². The molecule has 0 saturated carbocycles. The molecular formula is C26H26Cl2N12O. The molecule has 13 nitrogen and oxygen atoms in total. The zero-order chi connectivity index (χ0) is 28.6. The highest BCUT2D eigenvalue weighted by atomic mass is 35.5. The van der Waals surface area contributed by atoms with E-state index in [0.717, 1.165) is 5.56 Å². The minimum Gasteiger partial charge on any atom is -0.364 e. The van der Waals surface area contributed by atoms with Crippen LogP contribution in [0.2, 0.25) is 10.0 Å². The van der Waals surface area contributed by atoms with Crippen LogP contribution < -0.4 is 11.1 Å². The van der Waals surface area contributed by atoms with Crippen molar-refractivity contribution in [1.29, 1.82) is 0 Å². The van der Waals surface area contributed by atoms with Gasteiger partial charge in [-0.05, 0) is 71.8 Å². The molecule has 4 heterocycles. The average Bonchev–Trinajstić information content (AvgIpc) is 3.73. The number of rotatable bonds is 7. The summed E-state index contributed by atoms with van der Waals surface area (Å²) in [5, 5.41) is 28.7. The molecule has 2 aromatic carbocycles. The molecule has 3 N–H and O–H groups in total. The molecular weight excluding hydrogens is 567 g/mol. The van der Waals surface area contributed by atoms with E-state index in [2.05, 4.69) is 46.1 Å². The van der Waals surface area contributed by atoms with Gasteiger partial charge in [-0.3, -0.25) is 9.78 Å². The number of primary amides is 1. The molecule has 210 valence electrons. The summed E-state index contributed by atoms with van der Waals surface area (Å²) in [4.78, 5) is 24.0. The molecule has 2 unspecified atom stereocenters. The maximum absolute atomic E-state index is 12.1. The second-order valence-electron chi connectivity index (χ2n) is 9.12. The zero-order valence-corrected chi connectivity index (χ0v) is 23.3. The first-order valence-electron chi connectivity index (χ1n) is 12.8. The molecule has 3 aromatic heterocycles. The number of piperidine rings is 1. The van der Waals surface area contributed by atoms with Crippen molar-refractivity contribution < 1.29 is 4.79 Å². The fourth-order valence-electron chi connectivity index (χ4n) is 4.42. The fraction of sp³-hybridized carbons (Fsp3) is 0.269. The van der Waals surface area contributed by atoms with Crippen molar-refractivity contribution in [3.05, 3.63) is 106 Å². The average molecular weight is 593 g/mol. The lowest BCUT2D eigenvalue weighted by atomic mass is 9.96. The van der Waals surface area contributed by atoms with E-state index in [1.54, 1.807) is 36.4 Å². The maximum Gasteiger partial charge on any atom is 0.268 e. The van der Waals surface area contributed by atoms with Crippen LogP contribution in [0.3, 0.4) is 0 Å². The number of carbonyl (C=O) groups excluding carboxylic acids is 1. The van der Waals surface area contributed by atoms with Crippen LogP contribution in [0.25, 0.3) is 0 Å². The third-order valence-corrected chi connectivity index (χ3v) is 6.87. The molecule has 1 fully saturated rings. The van der Waals surface area contributed by atoms with E-state index in [-0.39, 0.29) is 5.69 Å². The molecule has 1 amide bonds. The Balaban J connectivity index is 0.000000500. The molecule has 0 radical (unpaired) electrons. The van der Waals surface area contributed by atoms with Crippen molar-refractivity contribution in [2.45, 2.75) is 31.3 Å². The lowest BCUT2D eigenvalue weighted by Crippen LogP contribution is -2.26. The number of nitrogens with one attached hydrogen (secondary N) is 1. The molecule has 0 bridgehead atoms. The molecule has 1 aliphatic rings. The van der Waals surface area contributed by atoms with Crippen molar-refractivity contribution in [2.24, 2.45) is 5.73 Å². The van der Waals surface area contributed by atoms with Gasteiger partial charge in [0.05, 0.1) is 17.6 Å². The molecule has 5 aromatic rings. The number of halogens is 2. The Morgan fingerprint density at radius 3 is 1.68 bits per heavy atom. The molecule has 1 aliphatic heterocycles. The topological polar surface area (TPSA) is 168 Å². The first-order valence-corrected chi connectivity index (χ1v) is 13.6. The van der Waals surface area contributed by atoms with Crippen LogP contribution in [0, 0.1) is 0 Å². The molecule has 0 spiro atoms. The quantitative estimate of drug-likeness (QED) is 0.286. The van der Waals surface area contributed by atoms with Crippen molar-refractivity contribution in [1.82, 2.24) is 55.7 Å². The lowest BCUT2D eigenvalue weighted by molar-refractivity contribution is 0.0994. The number of carbonyl (C=O) groups is 1. The standard InChI is InChI=1S/C21H15Cl2N11O.C5H11N/c22-14-5-1-12(2-6-14)19(33-28-10-26-31-33)17-18(30-16(9-25-17)21(24)35)20(34-29-11-27-32-34)13-3-7-15(23)8-4-13;1-2-4-6-5-3-1/h1-11,19-20H,(H2,24,35);6H,1-5H2.